The van der Waals surface area contributed by atoms with E-state index in [2.05, 4.69) is 10.3 Å². The van der Waals surface area contributed by atoms with E-state index in [1.54, 1.807) is 18.2 Å². The number of anilines is 1. The van der Waals surface area contributed by atoms with Crippen molar-refractivity contribution in [1.82, 2.24) is 4.98 Å². The predicted molar refractivity (Wildman–Crippen MR) is 128 cm³/mol. The van der Waals surface area contributed by atoms with Gasteiger partial charge in [0.05, 0.1) is 16.6 Å². The summed E-state index contributed by atoms with van der Waals surface area (Å²) in [7, 11) is 0. The van der Waals surface area contributed by atoms with Gasteiger partial charge in [0.15, 0.2) is 0 Å². The summed E-state index contributed by atoms with van der Waals surface area (Å²) in [6, 6.07) is 13.3. The summed E-state index contributed by atoms with van der Waals surface area (Å²) in [5, 5.41) is 14.8. The van der Waals surface area contributed by atoms with Gasteiger partial charge in [-0.05, 0) is 80.5 Å². The highest BCUT2D eigenvalue weighted by molar-refractivity contribution is 6.31. The van der Waals surface area contributed by atoms with Gasteiger partial charge in [-0.15, -0.1) is 0 Å². The van der Waals surface area contributed by atoms with E-state index in [1.807, 2.05) is 18.2 Å². The second-order valence-electron chi connectivity index (χ2n) is 8.52. The van der Waals surface area contributed by atoms with Crippen LogP contribution in [0.25, 0.3) is 10.9 Å². The molecule has 1 amide bonds. The molecule has 1 heterocycles. The van der Waals surface area contributed by atoms with Crippen molar-refractivity contribution < 1.29 is 19.0 Å². The van der Waals surface area contributed by atoms with E-state index < -0.39 is 11.9 Å². The van der Waals surface area contributed by atoms with Crippen LogP contribution in [0, 0.1) is 17.7 Å². The number of ether oxygens (including phenoxy) is 1. The van der Waals surface area contributed by atoms with E-state index in [4.69, 9.17) is 27.9 Å². The van der Waals surface area contributed by atoms with Crippen LogP contribution in [0.15, 0.2) is 48.5 Å². The first kappa shape index (κ1) is 23.7. The van der Waals surface area contributed by atoms with Crippen molar-refractivity contribution in [2.45, 2.75) is 38.2 Å². The zero-order valence-electron chi connectivity index (χ0n) is 17.9. The number of nitrogens with one attached hydrogen (secondary N) is 1. The van der Waals surface area contributed by atoms with Crippen molar-refractivity contribution in [1.29, 1.82) is 0 Å². The summed E-state index contributed by atoms with van der Waals surface area (Å²) < 4.78 is 19.0. The van der Waals surface area contributed by atoms with E-state index in [1.165, 1.54) is 12.1 Å². The summed E-state index contributed by atoms with van der Waals surface area (Å²) in [6.07, 6.45) is 3.15. The molecule has 2 aromatic carbocycles. The summed E-state index contributed by atoms with van der Waals surface area (Å²) in [6.45, 7) is 0.0837. The molecule has 1 aliphatic rings. The molecule has 174 valence electrons. The van der Waals surface area contributed by atoms with Crippen molar-refractivity contribution in [3.8, 4) is 5.75 Å². The molecular weight excluding hydrogens is 466 g/mol. The molecule has 3 aromatic rings. The van der Waals surface area contributed by atoms with Crippen molar-refractivity contribution in [2.75, 3.05) is 11.9 Å². The summed E-state index contributed by atoms with van der Waals surface area (Å²) >= 11 is 11.7. The maximum Gasteiger partial charge on any atom is 0.228 e. The fourth-order valence-electron chi connectivity index (χ4n) is 4.27. The zero-order chi connectivity index (χ0) is 23.4. The first-order valence-electron chi connectivity index (χ1n) is 11.0. The van der Waals surface area contributed by atoms with Crippen LogP contribution in [0.2, 0.25) is 10.0 Å². The molecule has 1 saturated carbocycles. The van der Waals surface area contributed by atoms with Crippen molar-refractivity contribution in [3.05, 3.63) is 64.4 Å². The molecule has 4 rings (SSSR count). The predicted octanol–water partition coefficient (Wildman–Crippen LogP) is 6.26. The van der Waals surface area contributed by atoms with Crippen LogP contribution < -0.4 is 10.1 Å². The lowest BCUT2D eigenvalue weighted by molar-refractivity contribution is -0.121. The van der Waals surface area contributed by atoms with Crippen LogP contribution in [-0.2, 0) is 4.79 Å². The Morgan fingerprint density at radius 3 is 2.67 bits per heavy atom. The number of hydrogen-bond donors (Lipinski definition) is 2. The average molecular weight is 491 g/mol. The number of aliphatic hydroxyl groups excluding tert-OH is 1. The number of hydrogen-bond acceptors (Lipinski definition) is 4. The Kier molecular flexibility index (Phi) is 7.68. The standard InChI is InChI=1S/C25H25Cl2FN2O3/c26-18-6-9-23-17(12-18)5-10-24(29-23)30-25(32)16-3-1-15(2-4-16)11-19(31)14-33-20-7-8-21(27)22(28)13-20/h5-10,12-13,15-16,19,31H,1-4,11,14H2,(H,29,30,32)/t15?,16?,19-/m1/s1. The molecule has 0 bridgehead atoms. The third-order valence-corrected chi connectivity index (χ3v) is 6.60. The molecule has 33 heavy (non-hydrogen) atoms. The molecule has 0 spiro atoms. The Bertz CT molecular complexity index is 1140. The number of fused-ring (bicyclic) bond motifs is 1. The second-order valence-corrected chi connectivity index (χ2v) is 9.36. The quantitative estimate of drug-likeness (QED) is 0.410. The number of aliphatic hydroxyl groups is 1. The molecule has 5 nitrogen and oxygen atoms in total. The van der Waals surface area contributed by atoms with Crippen LogP contribution in [0.4, 0.5) is 10.2 Å². The summed E-state index contributed by atoms with van der Waals surface area (Å²) in [5.41, 5.74) is 0.776. The fourth-order valence-corrected chi connectivity index (χ4v) is 4.56. The minimum atomic E-state index is -0.658. The number of aromatic nitrogens is 1. The summed E-state index contributed by atoms with van der Waals surface area (Å²) in [4.78, 5) is 17.2. The van der Waals surface area contributed by atoms with Crippen LogP contribution in [0.3, 0.4) is 0 Å². The molecule has 1 aliphatic carbocycles. The second kappa shape index (κ2) is 10.7. The minimum Gasteiger partial charge on any atom is -0.491 e. The fraction of sp³-hybridized carbons (Fsp3) is 0.360. The maximum atomic E-state index is 13.5. The number of halogens is 3. The molecule has 2 N–H and O–H groups in total. The Labute approximate surface area is 201 Å². The first-order chi connectivity index (χ1) is 15.9. The van der Waals surface area contributed by atoms with Gasteiger partial charge < -0.3 is 15.2 Å². The number of rotatable bonds is 7. The van der Waals surface area contributed by atoms with Gasteiger partial charge in [0.25, 0.3) is 0 Å². The van der Waals surface area contributed by atoms with Crippen LogP contribution in [0.1, 0.15) is 32.1 Å². The van der Waals surface area contributed by atoms with Crippen LogP contribution in [-0.4, -0.2) is 28.7 Å². The lowest BCUT2D eigenvalue weighted by Crippen LogP contribution is -2.29. The third kappa shape index (κ3) is 6.34. The number of benzene rings is 2. The average Bonchev–Trinajstić information content (AvgIpc) is 2.80. The SMILES string of the molecule is O=C(Nc1ccc2cc(Cl)ccc2n1)C1CCC(C[C@@H](O)COc2ccc(Cl)c(F)c2)CC1. The number of amides is 1. The number of nitrogens with zero attached hydrogens (tertiary/aromatic N) is 1. The van der Waals surface area contributed by atoms with E-state index >= 15 is 0 Å². The van der Waals surface area contributed by atoms with Gasteiger partial charge in [-0.3, -0.25) is 4.79 Å². The Morgan fingerprint density at radius 1 is 1.12 bits per heavy atom. The topological polar surface area (TPSA) is 71.5 Å². The normalized spacial score (nSPS) is 19.3. The molecule has 8 heteroatoms. The van der Waals surface area contributed by atoms with Gasteiger partial charge in [0, 0.05) is 22.4 Å². The van der Waals surface area contributed by atoms with Crippen LogP contribution in [0.5, 0.6) is 5.75 Å². The van der Waals surface area contributed by atoms with Gasteiger partial charge in [0.2, 0.25) is 5.91 Å². The zero-order valence-corrected chi connectivity index (χ0v) is 19.5. The van der Waals surface area contributed by atoms with Crippen LogP contribution >= 0.6 is 23.2 Å². The molecule has 1 aromatic heterocycles. The van der Waals surface area contributed by atoms with E-state index in [0.29, 0.717) is 28.9 Å². The molecule has 0 aliphatic heterocycles. The number of carbonyl (C=O) groups is 1. The third-order valence-electron chi connectivity index (χ3n) is 6.06. The molecule has 0 saturated heterocycles. The van der Waals surface area contributed by atoms with Crippen molar-refractivity contribution in [2.24, 2.45) is 11.8 Å². The lowest BCUT2D eigenvalue weighted by Gasteiger charge is -2.29. The Morgan fingerprint density at radius 2 is 1.91 bits per heavy atom. The monoisotopic (exact) mass is 490 g/mol. The highest BCUT2D eigenvalue weighted by Gasteiger charge is 2.28. The largest absolute Gasteiger partial charge is 0.491 e. The first-order valence-corrected chi connectivity index (χ1v) is 11.8. The molecular formula is C25H25Cl2FN2O3. The highest BCUT2D eigenvalue weighted by atomic mass is 35.5. The minimum absolute atomic E-state index is 0.0251. The lowest BCUT2D eigenvalue weighted by atomic mass is 9.79. The number of pyridine rings is 1. The van der Waals surface area contributed by atoms with Gasteiger partial charge in [-0.1, -0.05) is 23.2 Å². The molecule has 1 fully saturated rings. The van der Waals surface area contributed by atoms with Gasteiger partial charge >= 0.3 is 0 Å². The molecule has 0 unspecified atom stereocenters. The van der Waals surface area contributed by atoms with Crippen molar-refractivity contribution >= 4 is 45.8 Å². The summed E-state index contributed by atoms with van der Waals surface area (Å²) in [5.74, 6) is 0.531. The van der Waals surface area contributed by atoms with E-state index in [9.17, 15) is 14.3 Å². The van der Waals surface area contributed by atoms with Gasteiger partial charge in [-0.25, -0.2) is 9.37 Å². The molecule has 1 atom stereocenters. The smallest absolute Gasteiger partial charge is 0.228 e. The van der Waals surface area contributed by atoms with Crippen molar-refractivity contribution in [3.63, 3.8) is 0 Å². The Balaban J connectivity index is 1.22. The Hall–Kier alpha value is -2.41. The van der Waals surface area contributed by atoms with E-state index in [-0.39, 0.29) is 23.5 Å². The van der Waals surface area contributed by atoms with Gasteiger partial charge in [0.1, 0.15) is 24.0 Å². The highest BCUT2D eigenvalue weighted by Crippen LogP contribution is 2.32. The van der Waals surface area contributed by atoms with Gasteiger partial charge in [-0.2, -0.15) is 0 Å². The number of carbonyl (C=O) groups excluding carboxylic acids is 1. The van der Waals surface area contributed by atoms with E-state index in [0.717, 1.165) is 36.6 Å². The molecule has 0 radical (unpaired) electrons. The maximum absolute atomic E-state index is 13.5.